The Kier molecular flexibility index (Phi) is 3.95. The third-order valence-corrected chi connectivity index (χ3v) is 5.32. The summed E-state index contributed by atoms with van der Waals surface area (Å²) >= 11 is 1.25. The molecule has 3 rings (SSSR count). The molecule has 0 fully saturated rings. The van der Waals surface area contributed by atoms with Crippen molar-refractivity contribution in [3.05, 3.63) is 41.5 Å². The quantitative estimate of drug-likeness (QED) is 0.676. The third kappa shape index (κ3) is 3.13. The van der Waals surface area contributed by atoms with Crippen LogP contribution in [0.1, 0.15) is 16.6 Å². The first-order valence-electron chi connectivity index (χ1n) is 6.84. The molecule has 2 aromatic heterocycles. The Balaban J connectivity index is 1.92. The average Bonchev–Trinajstić information content (AvgIpc) is 3.05. The first-order valence-corrected chi connectivity index (χ1v) is 9.55. The molecule has 0 N–H and O–H groups in total. The van der Waals surface area contributed by atoms with Gasteiger partial charge >= 0.3 is 5.97 Å². The summed E-state index contributed by atoms with van der Waals surface area (Å²) in [6, 6.07) is 6.55. The second-order valence-corrected chi connectivity index (χ2v) is 7.95. The number of thiazole rings is 1. The molecule has 0 unspecified atom stereocenters. The van der Waals surface area contributed by atoms with Crippen LogP contribution in [0.5, 0.6) is 0 Å². The van der Waals surface area contributed by atoms with E-state index in [0.717, 1.165) is 5.56 Å². The zero-order valence-corrected chi connectivity index (χ0v) is 14.1. The molecule has 0 radical (unpaired) electrons. The second kappa shape index (κ2) is 5.78. The van der Waals surface area contributed by atoms with E-state index >= 15 is 0 Å². The number of imidazole rings is 1. The highest BCUT2D eigenvalue weighted by molar-refractivity contribution is 7.90. The van der Waals surface area contributed by atoms with Gasteiger partial charge in [-0.05, 0) is 19.1 Å². The molecule has 0 aliphatic carbocycles. The molecule has 0 bridgehead atoms. The normalized spacial score (nSPS) is 11.7. The summed E-state index contributed by atoms with van der Waals surface area (Å²) in [6.45, 7) is 2.09. The predicted octanol–water partition coefficient (Wildman–Crippen LogP) is 2.64. The van der Waals surface area contributed by atoms with Gasteiger partial charge < -0.3 is 4.74 Å². The molecule has 1 aromatic carbocycles. The summed E-state index contributed by atoms with van der Waals surface area (Å²) in [5.41, 5.74) is 1.53. The highest BCUT2D eigenvalue weighted by Crippen LogP contribution is 2.25. The number of ether oxygens (including phenoxy) is 1. The minimum Gasteiger partial charge on any atom is -0.462 e. The number of aromatic nitrogens is 2. The number of benzene rings is 1. The van der Waals surface area contributed by atoms with Crippen molar-refractivity contribution in [3.8, 4) is 11.3 Å². The Morgan fingerprint density at radius 3 is 2.52 bits per heavy atom. The van der Waals surface area contributed by atoms with Crippen molar-refractivity contribution in [1.29, 1.82) is 0 Å². The van der Waals surface area contributed by atoms with Gasteiger partial charge in [0.05, 0.1) is 17.2 Å². The standard InChI is InChI=1S/C15H14N2O4S2/c1-3-21-14(18)13-9-17-8-12(16-15(17)22-13)10-4-6-11(7-5-10)23(2,19)20/h4-9H,3H2,1-2H3. The number of hydrogen-bond donors (Lipinski definition) is 0. The van der Waals surface area contributed by atoms with Crippen LogP contribution in [-0.2, 0) is 14.6 Å². The third-order valence-electron chi connectivity index (χ3n) is 3.21. The fourth-order valence-electron chi connectivity index (χ4n) is 2.10. The smallest absolute Gasteiger partial charge is 0.349 e. The summed E-state index contributed by atoms with van der Waals surface area (Å²) in [7, 11) is -3.21. The van der Waals surface area contributed by atoms with E-state index < -0.39 is 9.84 Å². The van der Waals surface area contributed by atoms with Gasteiger partial charge in [0.2, 0.25) is 0 Å². The molecule has 0 saturated carbocycles. The molecule has 0 amide bonds. The number of rotatable bonds is 4. The SMILES string of the molecule is CCOC(=O)c1cn2cc(-c3ccc(S(C)(=O)=O)cc3)nc2s1. The molecule has 3 aromatic rings. The van der Waals surface area contributed by atoms with Crippen molar-refractivity contribution in [2.24, 2.45) is 0 Å². The lowest BCUT2D eigenvalue weighted by Gasteiger charge is -2.00. The summed E-state index contributed by atoms with van der Waals surface area (Å²) in [5.74, 6) is -0.359. The van der Waals surface area contributed by atoms with Crippen LogP contribution in [0.25, 0.3) is 16.2 Å². The van der Waals surface area contributed by atoms with Crippen LogP contribution in [0.4, 0.5) is 0 Å². The van der Waals surface area contributed by atoms with Gasteiger partial charge in [0, 0.05) is 24.2 Å². The van der Waals surface area contributed by atoms with E-state index in [1.165, 1.54) is 17.6 Å². The summed E-state index contributed by atoms with van der Waals surface area (Å²) in [4.78, 5) is 17.6. The molecule has 120 valence electrons. The monoisotopic (exact) mass is 350 g/mol. The molecular formula is C15H14N2O4S2. The number of nitrogens with zero attached hydrogens (tertiary/aromatic N) is 2. The highest BCUT2D eigenvalue weighted by atomic mass is 32.2. The lowest BCUT2D eigenvalue weighted by molar-refractivity contribution is 0.0531. The number of sulfone groups is 1. The van der Waals surface area contributed by atoms with Crippen LogP contribution in [0, 0.1) is 0 Å². The Bertz CT molecular complexity index is 937. The molecule has 8 heteroatoms. The average molecular weight is 350 g/mol. The second-order valence-electron chi connectivity index (χ2n) is 4.93. The van der Waals surface area contributed by atoms with E-state index in [0.29, 0.717) is 22.1 Å². The number of carbonyl (C=O) groups excluding carboxylic acids is 1. The van der Waals surface area contributed by atoms with Gasteiger partial charge in [0.25, 0.3) is 0 Å². The molecule has 0 saturated heterocycles. The van der Waals surface area contributed by atoms with Crippen LogP contribution in [0.2, 0.25) is 0 Å². The van der Waals surface area contributed by atoms with Crippen molar-refractivity contribution >= 4 is 32.1 Å². The fraction of sp³-hybridized carbons (Fsp3) is 0.200. The Hall–Kier alpha value is -2.19. The van der Waals surface area contributed by atoms with Crippen LogP contribution < -0.4 is 0 Å². The van der Waals surface area contributed by atoms with Crippen molar-refractivity contribution in [2.75, 3.05) is 12.9 Å². The highest BCUT2D eigenvalue weighted by Gasteiger charge is 2.14. The fourth-order valence-corrected chi connectivity index (χ4v) is 3.59. The number of esters is 1. The maximum absolute atomic E-state index is 11.7. The van der Waals surface area contributed by atoms with E-state index in [1.807, 2.05) is 0 Å². The molecule has 2 heterocycles. The number of carbonyl (C=O) groups is 1. The van der Waals surface area contributed by atoms with Crippen molar-refractivity contribution in [1.82, 2.24) is 9.38 Å². The minimum atomic E-state index is -3.21. The lowest BCUT2D eigenvalue weighted by Crippen LogP contribution is -2.01. The number of fused-ring (bicyclic) bond motifs is 1. The number of hydrogen-bond acceptors (Lipinski definition) is 6. The molecule has 23 heavy (non-hydrogen) atoms. The van der Waals surface area contributed by atoms with Crippen LogP contribution in [0.15, 0.2) is 41.6 Å². The largest absolute Gasteiger partial charge is 0.462 e. The van der Waals surface area contributed by atoms with Crippen molar-refractivity contribution in [3.63, 3.8) is 0 Å². The van der Waals surface area contributed by atoms with Gasteiger partial charge in [-0.1, -0.05) is 23.5 Å². The van der Waals surface area contributed by atoms with Crippen LogP contribution in [-0.4, -0.2) is 36.6 Å². The van der Waals surface area contributed by atoms with E-state index in [9.17, 15) is 13.2 Å². The van der Waals surface area contributed by atoms with Gasteiger partial charge in [-0.2, -0.15) is 0 Å². The van der Waals surface area contributed by atoms with E-state index in [4.69, 9.17) is 4.74 Å². The van der Waals surface area contributed by atoms with Gasteiger partial charge in [0.15, 0.2) is 14.8 Å². The minimum absolute atomic E-state index is 0.270. The van der Waals surface area contributed by atoms with Gasteiger partial charge in [0.1, 0.15) is 4.88 Å². The van der Waals surface area contributed by atoms with E-state index in [1.54, 1.807) is 48.0 Å². The summed E-state index contributed by atoms with van der Waals surface area (Å²) < 4.78 is 29.7. The van der Waals surface area contributed by atoms with Gasteiger partial charge in [-0.25, -0.2) is 18.2 Å². The summed E-state index contributed by atoms with van der Waals surface area (Å²) in [5, 5.41) is 0. The zero-order valence-electron chi connectivity index (χ0n) is 12.5. The predicted molar refractivity (Wildman–Crippen MR) is 87.6 cm³/mol. The molecule has 6 nitrogen and oxygen atoms in total. The van der Waals surface area contributed by atoms with E-state index in [-0.39, 0.29) is 10.9 Å². The molecule has 0 spiro atoms. The van der Waals surface area contributed by atoms with Crippen molar-refractivity contribution in [2.45, 2.75) is 11.8 Å². The van der Waals surface area contributed by atoms with E-state index in [2.05, 4.69) is 4.98 Å². The first kappa shape index (κ1) is 15.7. The van der Waals surface area contributed by atoms with Crippen LogP contribution >= 0.6 is 11.3 Å². The maximum atomic E-state index is 11.7. The maximum Gasteiger partial charge on any atom is 0.349 e. The molecular weight excluding hydrogens is 336 g/mol. The lowest BCUT2D eigenvalue weighted by atomic mass is 10.2. The Morgan fingerprint density at radius 2 is 1.96 bits per heavy atom. The first-order chi connectivity index (χ1) is 10.9. The Labute approximate surface area is 137 Å². The molecule has 0 atom stereocenters. The van der Waals surface area contributed by atoms with Crippen LogP contribution in [0.3, 0.4) is 0 Å². The van der Waals surface area contributed by atoms with Crippen molar-refractivity contribution < 1.29 is 17.9 Å². The zero-order chi connectivity index (χ0) is 16.6. The van der Waals surface area contributed by atoms with Gasteiger partial charge in [-0.3, -0.25) is 4.40 Å². The Morgan fingerprint density at radius 1 is 1.26 bits per heavy atom. The van der Waals surface area contributed by atoms with Gasteiger partial charge in [-0.15, -0.1) is 0 Å². The molecule has 0 aliphatic heterocycles. The summed E-state index contributed by atoms with van der Waals surface area (Å²) in [6.07, 6.45) is 4.65. The topological polar surface area (TPSA) is 77.7 Å². The molecule has 0 aliphatic rings.